The Balaban J connectivity index is 1.97. The van der Waals surface area contributed by atoms with Crippen LogP contribution in [0.4, 0.5) is 5.69 Å². The summed E-state index contributed by atoms with van der Waals surface area (Å²) < 4.78 is 52.1. The van der Waals surface area contributed by atoms with Crippen molar-refractivity contribution in [2.45, 2.75) is 27.1 Å². The number of benzene rings is 2. The number of nitrogens with zero attached hydrogens (tertiary/aromatic N) is 3. The summed E-state index contributed by atoms with van der Waals surface area (Å²) in [6.07, 6.45) is 2.08. The first kappa shape index (κ1) is 22.8. The molecule has 0 amide bonds. The molecule has 0 fully saturated rings. The quantitative estimate of drug-likeness (QED) is 0.589. The van der Waals surface area contributed by atoms with Crippen molar-refractivity contribution < 1.29 is 16.8 Å². The number of primary sulfonamides is 1. The molecule has 0 aromatic heterocycles. The van der Waals surface area contributed by atoms with Crippen LogP contribution >= 0.6 is 11.8 Å². The van der Waals surface area contributed by atoms with Gasteiger partial charge in [-0.15, -0.1) is 16.2 Å². The summed E-state index contributed by atoms with van der Waals surface area (Å²) in [5, 5.41) is 5.18. The minimum absolute atomic E-state index is 0.0593. The summed E-state index contributed by atoms with van der Waals surface area (Å²) in [7, 11) is -4.09. The molecular weight excluding hydrogens is 444 g/mol. The van der Waals surface area contributed by atoms with Crippen LogP contribution in [0.5, 0.6) is 0 Å². The Morgan fingerprint density at radius 1 is 1.17 bits per heavy atom. The number of fused-ring (bicyclic) bond motifs is 1. The molecule has 1 aliphatic heterocycles. The van der Waals surface area contributed by atoms with Crippen molar-refractivity contribution in [3.8, 4) is 0 Å². The normalized spacial score (nSPS) is 16.5. The van der Waals surface area contributed by atoms with Crippen molar-refractivity contribution in [1.29, 1.82) is 0 Å². The van der Waals surface area contributed by atoms with E-state index < -0.39 is 20.0 Å². The molecule has 30 heavy (non-hydrogen) atoms. The molecule has 2 aromatic rings. The van der Waals surface area contributed by atoms with Gasteiger partial charge in [-0.1, -0.05) is 18.2 Å². The lowest BCUT2D eigenvalue weighted by Crippen LogP contribution is -2.41. The van der Waals surface area contributed by atoms with Crippen molar-refractivity contribution in [2.24, 2.45) is 9.54 Å². The maximum absolute atomic E-state index is 12.5. The molecule has 0 spiro atoms. The third-order valence-electron chi connectivity index (χ3n) is 4.61. The number of hydrogen-bond acceptors (Lipinski definition) is 7. The van der Waals surface area contributed by atoms with E-state index in [1.54, 1.807) is 11.8 Å². The molecule has 0 saturated heterocycles. The zero-order valence-electron chi connectivity index (χ0n) is 16.7. The van der Waals surface area contributed by atoms with Crippen molar-refractivity contribution in [3.63, 3.8) is 0 Å². The smallest absolute Gasteiger partial charge is 0.285 e. The lowest BCUT2D eigenvalue weighted by Gasteiger charge is -2.33. The molecule has 0 aliphatic carbocycles. The molecule has 8 nitrogen and oxygen atoms in total. The van der Waals surface area contributed by atoms with Crippen LogP contribution in [0.25, 0.3) is 0 Å². The van der Waals surface area contributed by atoms with E-state index in [9.17, 15) is 16.8 Å². The van der Waals surface area contributed by atoms with Gasteiger partial charge in [0.15, 0.2) is 0 Å². The van der Waals surface area contributed by atoms with Crippen molar-refractivity contribution in [2.75, 3.05) is 31.3 Å². The van der Waals surface area contributed by atoms with Gasteiger partial charge in [0, 0.05) is 16.7 Å². The average Bonchev–Trinajstić information content (AvgIpc) is 2.68. The van der Waals surface area contributed by atoms with Crippen LogP contribution in [0.15, 0.2) is 67.6 Å². The Morgan fingerprint density at radius 2 is 1.87 bits per heavy atom. The molecule has 0 unspecified atom stereocenters. The van der Waals surface area contributed by atoms with Gasteiger partial charge >= 0.3 is 0 Å². The van der Waals surface area contributed by atoms with Gasteiger partial charge in [0.1, 0.15) is 11.2 Å². The molecule has 2 N–H and O–H groups in total. The molecule has 3 rings (SSSR count). The molecule has 0 radical (unpaired) electrons. The number of hydrogen-bond donors (Lipinski definition) is 1. The van der Waals surface area contributed by atoms with Crippen LogP contribution in [0.2, 0.25) is 0 Å². The molecule has 1 aliphatic rings. The summed E-state index contributed by atoms with van der Waals surface area (Å²) >= 11 is 1.67. The molecular formula is C19H24N4O4S3. The molecule has 0 bridgehead atoms. The lowest BCUT2D eigenvalue weighted by atomic mass is 10.1. The first-order valence-electron chi connectivity index (χ1n) is 9.16. The molecule has 11 heteroatoms. The summed E-state index contributed by atoms with van der Waals surface area (Å²) in [5.41, 5.74) is 0.398. The summed E-state index contributed by atoms with van der Waals surface area (Å²) in [6.45, 7) is 0.793. The van der Waals surface area contributed by atoms with Crippen LogP contribution in [0, 0.1) is 0 Å². The van der Waals surface area contributed by atoms with Crippen molar-refractivity contribution in [3.05, 3.63) is 48.5 Å². The van der Waals surface area contributed by atoms with Gasteiger partial charge in [-0.25, -0.2) is 13.6 Å². The Hall–Kier alpha value is -1.92. The monoisotopic (exact) mass is 468 g/mol. The topological polar surface area (TPSA) is 113 Å². The van der Waals surface area contributed by atoms with Crippen LogP contribution in [0.1, 0.15) is 6.42 Å². The summed E-state index contributed by atoms with van der Waals surface area (Å²) in [6, 6.07) is 13.8. The standard InChI is InChI=1S/C19H24N4O4S3/c1-22(2)11-10-15(13-28-16-6-4-3-5-7-16)23-14-21-30(26,27)19-12-17(29(20,24)25)8-9-18(19)23/h3-9,12,14-15H,10-11,13H2,1-2H3,(H2,20,24,25)/t15-/m1/s1. The van der Waals surface area contributed by atoms with Crippen molar-refractivity contribution >= 4 is 43.8 Å². The fraction of sp³-hybridized carbons (Fsp3) is 0.316. The van der Waals surface area contributed by atoms with E-state index in [4.69, 9.17) is 5.14 Å². The van der Waals surface area contributed by atoms with E-state index in [0.29, 0.717) is 11.4 Å². The van der Waals surface area contributed by atoms with Gasteiger partial charge in [-0.05, 0) is 57.4 Å². The zero-order chi connectivity index (χ0) is 21.9. The van der Waals surface area contributed by atoms with Gasteiger partial charge in [-0.2, -0.15) is 8.42 Å². The molecule has 1 atom stereocenters. The lowest BCUT2D eigenvalue weighted by molar-refractivity contribution is 0.387. The molecule has 0 saturated carbocycles. The predicted octanol–water partition coefficient (Wildman–Crippen LogP) is 1.98. The Kier molecular flexibility index (Phi) is 6.88. The average molecular weight is 469 g/mol. The highest BCUT2D eigenvalue weighted by Gasteiger charge is 2.31. The Bertz CT molecular complexity index is 1130. The van der Waals surface area contributed by atoms with Gasteiger partial charge in [0.25, 0.3) is 10.0 Å². The van der Waals surface area contributed by atoms with E-state index in [2.05, 4.69) is 9.30 Å². The van der Waals surface area contributed by atoms with E-state index in [1.165, 1.54) is 18.5 Å². The summed E-state index contributed by atoms with van der Waals surface area (Å²) in [4.78, 5) is 4.56. The third-order valence-corrected chi connectivity index (χ3v) is 7.94. The second kappa shape index (κ2) is 9.06. The van der Waals surface area contributed by atoms with Crippen molar-refractivity contribution in [1.82, 2.24) is 4.90 Å². The minimum atomic E-state index is -4.04. The fourth-order valence-electron chi connectivity index (χ4n) is 3.03. The van der Waals surface area contributed by atoms with Gasteiger partial charge in [0.05, 0.1) is 10.6 Å². The molecule has 1 heterocycles. The highest BCUT2D eigenvalue weighted by atomic mass is 32.2. The van der Waals surface area contributed by atoms with Crippen LogP contribution in [0.3, 0.4) is 0 Å². The second-order valence-corrected chi connectivity index (χ2v) is 11.4. The number of rotatable bonds is 8. The number of sulfonamides is 2. The first-order chi connectivity index (χ1) is 14.1. The molecule has 162 valence electrons. The minimum Gasteiger partial charge on any atom is -0.327 e. The maximum atomic E-state index is 12.5. The third kappa shape index (κ3) is 5.41. The number of anilines is 1. The van der Waals surface area contributed by atoms with E-state index in [-0.39, 0.29) is 15.8 Å². The fourth-order valence-corrected chi connectivity index (χ4v) is 5.76. The van der Waals surface area contributed by atoms with Gasteiger partial charge in [0.2, 0.25) is 10.0 Å². The van der Waals surface area contributed by atoms with E-state index >= 15 is 0 Å². The number of nitrogens with two attached hydrogens (primary N) is 1. The van der Waals surface area contributed by atoms with Crippen LogP contribution in [-0.2, 0) is 20.0 Å². The highest BCUT2D eigenvalue weighted by Crippen LogP contribution is 2.34. The van der Waals surface area contributed by atoms with Gasteiger partial charge in [-0.3, -0.25) is 0 Å². The Morgan fingerprint density at radius 3 is 2.50 bits per heavy atom. The van der Waals surface area contributed by atoms with Gasteiger partial charge < -0.3 is 9.80 Å². The summed E-state index contributed by atoms with van der Waals surface area (Å²) in [5.74, 6) is 0.695. The van der Waals surface area contributed by atoms with E-state index in [1.807, 2.05) is 49.3 Å². The first-order valence-corrected chi connectivity index (χ1v) is 13.1. The molecule has 2 aromatic carbocycles. The largest absolute Gasteiger partial charge is 0.327 e. The van der Waals surface area contributed by atoms with Crippen LogP contribution < -0.4 is 10.0 Å². The zero-order valence-corrected chi connectivity index (χ0v) is 19.1. The van der Waals surface area contributed by atoms with E-state index in [0.717, 1.165) is 23.9 Å². The maximum Gasteiger partial charge on any atom is 0.285 e. The van der Waals surface area contributed by atoms with Crippen LogP contribution in [-0.4, -0.2) is 60.5 Å². The second-order valence-electron chi connectivity index (χ2n) is 7.15. The Labute approximate surface area is 181 Å². The highest BCUT2D eigenvalue weighted by molar-refractivity contribution is 7.99. The predicted molar refractivity (Wildman–Crippen MR) is 120 cm³/mol. The number of thioether (sulfide) groups is 1. The SMILES string of the molecule is CN(C)CC[C@H](CSc1ccccc1)N1C=NS(=O)(=O)c2cc(S(N)(=O)=O)ccc21.